The number of hydrogen-bond donors (Lipinski definition) is 1. The van der Waals surface area contributed by atoms with Gasteiger partial charge >= 0.3 is 0 Å². The Bertz CT molecular complexity index is 1200. The summed E-state index contributed by atoms with van der Waals surface area (Å²) in [5.74, 6) is 0.0726. The highest BCUT2D eigenvalue weighted by Crippen LogP contribution is 2.35. The minimum absolute atomic E-state index is 0.0402. The first-order chi connectivity index (χ1) is 17.8. The van der Waals surface area contributed by atoms with Crippen molar-refractivity contribution in [3.63, 3.8) is 0 Å². The van der Waals surface area contributed by atoms with Gasteiger partial charge in [-0.25, -0.2) is 4.39 Å². The third-order valence-corrected chi connectivity index (χ3v) is 7.48. The fourth-order valence-electron chi connectivity index (χ4n) is 5.45. The predicted molar refractivity (Wildman–Crippen MR) is 146 cm³/mol. The molecule has 3 atom stereocenters. The molecule has 1 aliphatic heterocycles. The second-order valence-electron chi connectivity index (χ2n) is 10.1. The zero-order valence-corrected chi connectivity index (χ0v) is 22.3. The molecular formula is C31H38FN3O2. The summed E-state index contributed by atoms with van der Waals surface area (Å²) < 4.78 is 13.8. The third-order valence-electron chi connectivity index (χ3n) is 7.48. The minimum Gasteiger partial charge on any atom is -0.508 e. The van der Waals surface area contributed by atoms with Gasteiger partial charge in [0.1, 0.15) is 11.6 Å². The van der Waals surface area contributed by atoms with Crippen LogP contribution in [0.4, 0.5) is 4.39 Å². The maximum Gasteiger partial charge on any atom is 0.253 e. The molecule has 1 amide bonds. The Hall–Kier alpha value is -3.22. The SMILES string of the molecule is CCN(CC)C(=O)c1ccc([C@H](c2cccc(O)c2)N2C[C@@H](C)N(Cc3cccc(F)c3)C[C@H]2C)cc1. The number of nitrogens with zero attached hydrogens (tertiary/aromatic N) is 3. The molecule has 6 heteroatoms. The zero-order valence-electron chi connectivity index (χ0n) is 22.3. The number of rotatable bonds is 8. The van der Waals surface area contributed by atoms with Crippen molar-refractivity contribution in [2.24, 2.45) is 0 Å². The maximum absolute atomic E-state index is 13.8. The summed E-state index contributed by atoms with van der Waals surface area (Å²) in [5.41, 5.74) is 3.76. The highest BCUT2D eigenvalue weighted by molar-refractivity contribution is 5.94. The Kier molecular flexibility index (Phi) is 8.62. The van der Waals surface area contributed by atoms with Gasteiger partial charge in [0, 0.05) is 50.4 Å². The molecule has 1 fully saturated rings. The molecule has 5 nitrogen and oxygen atoms in total. The number of benzene rings is 3. The van der Waals surface area contributed by atoms with Gasteiger partial charge in [-0.15, -0.1) is 0 Å². The van der Waals surface area contributed by atoms with Crippen LogP contribution in [0.15, 0.2) is 72.8 Å². The molecule has 1 heterocycles. The lowest BCUT2D eigenvalue weighted by atomic mass is 9.92. The van der Waals surface area contributed by atoms with Crippen molar-refractivity contribution in [1.82, 2.24) is 14.7 Å². The fourth-order valence-corrected chi connectivity index (χ4v) is 5.45. The van der Waals surface area contributed by atoms with Gasteiger partial charge in [0.2, 0.25) is 0 Å². The van der Waals surface area contributed by atoms with Crippen LogP contribution in [0.1, 0.15) is 60.8 Å². The van der Waals surface area contributed by atoms with Crippen LogP contribution in [0.2, 0.25) is 0 Å². The molecule has 0 bridgehead atoms. The molecule has 1 saturated heterocycles. The lowest BCUT2D eigenvalue weighted by Gasteiger charge is -2.47. The van der Waals surface area contributed by atoms with E-state index in [1.165, 1.54) is 6.07 Å². The Labute approximate surface area is 220 Å². The van der Waals surface area contributed by atoms with Crippen molar-refractivity contribution in [2.75, 3.05) is 26.2 Å². The van der Waals surface area contributed by atoms with Gasteiger partial charge < -0.3 is 10.0 Å². The van der Waals surface area contributed by atoms with E-state index in [9.17, 15) is 14.3 Å². The standard InChI is InChI=1S/C31H38FN3O2/c1-5-33(6-2)31(37)26-15-13-25(14-16-26)30(27-10-8-12-29(36)18-27)35-20-22(3)34(19-23(35)4)21-24-9-7-11-28(32)17-24/h7-18,22-23,30,36H,5-6,19-21H2,1-4H3/t22-,23-,30-/m1/s1. The number of aromatic hydroxyl groups is 1. The molecule has 3 aromatic carbocycles. The van der Waals surface area contributed by atoms with Gasteiger partial charge in [-0.05, 0) is 80.8 Å². The minimum atomic E-state index is -0.205. The van der Waals surface area contributed by atoms with Gasteiger partial charge in [0.25, 0.3) is 5.91 Å². The van der Waals surface area contributed by atoms with Crippen LogP contribution in [0.3, 0.4) is 0 Å². The van der Waals surface area contributed by atoms with Crippen molar-refractivity contribution in [1.29, 1.82) is 0 Å². The maximum atomic E-state index is 13.8. The van der Waals surface area contributed by atoms with E-state index in [1.807, 2.05) is 61.2 Å². The van der Waals surface area contributed by atoms with Gasteiger partial charge in [0.15, 0.2) is 0 Å². The predicted octanol–water partition coefficient (Wildman–Crippen LogP) is 5.70. The summed E-state index contributed by atoms with van der Waals surface area (Å²) in [5, 5.41) is 10.3. The number of carbonyl (C=O) groups excluding carboxylic acids is 1. The number of halogens is 1. The zero-order chi connectivity index (χ0) is 26.5. The Balaban J connectivity index is 1.61. The second kappa shape index (κ2) is 11.9. The van der Waals surface area contributed by atoms with Crippen LogP contribution in [0.25, 0.3) is 0 Å². The van der Waals surface area contributed by atoms with Crippen molar-refractivity contribution >= 4 is 5.91 Å². The first-order valence-electron chi connectivity index (χ1n) is 13.2. The molecule has 1 N–H and O–H groups in total. The molecule has 0 unspecified atom stereocenters. The second-order valence-corrected chi connectivity index (χ2v) is 10.1. The summed E-state index contributed by atoms with van der Waals surface area (Å²) in [4.78, 5) is 19.6. The van der Waals surface area contributed by atoms with Crippen LogP contribution in [-0.4, -0.2) is 64.0 Å². The normalized spacial score (nSPS) is 19.5. The Morgan fingerprint density at radius 2 is 1.65 bits per heavy atom. The first kappa shape index (κ1) is 26.8. The largest absolute Gasteiger partial charge is 0.508 e. The number of amides is 1. The molecule has 0 aromatic heterocycles. The van der Waals surface area contributed by atoms with E-state index < -0.39 is 0 Å². The fraction of sp³-hybridized carbons (Fsp3) is 0.387. The van der Waals surface area contributed by atoms with Crippen LogP contribution >= 0.6 is 0 Å². The average molecular weight is 504 g/mol. The molecule has 0 aliphatic carbocycles. The molecule has 3 aromatic rings. The first-order valence-corrected chi connectivity index (χ1v) is 13.2. The van der Waals surface area contributed by atoms with Crippen LogP contribution in [0, 0.1) is 5.82 Å². The van der Waals surface area contributed by atoms with Gasteiger partial charge in [0.05, 0.1) is 6.04 Å². The topological polar surface area (TPSA) is 47.0 Å². The van der Waals surface area contributed by atoms with Gasteiger partial charge in [-0.1, -0.05) is 36.4 Å². The molecule has 1 aliphatic rings. The summed E-state index contributed by atoms with van der Waals surface area (Å²) in [6, 6.07) is 22.6. The summed E-state index contributed by atoms with van der Waals surface area (Å²) in [6.07, 6.45) is 0. The highest BCUT2D eigenvalue weighted by Gasteiger charge is 2.35. The molecule has 0 saturated carbocycles. The van der Waals surface area contributed by atoms with Crippen molar-refractivity contribution < 1.29 is 14.3 Å². The summed E-state index contributed by atoms with van der Waals surface area (Å²) >= 11 is 0. The Morgan fingerprint density at radius 1 is 0.946 bits per heavy atom. The van der Waals surface area contributed by atoms with E-state index in [4.69, 9.17) is 0 Å². The van der Waals surface area contributed by atoms with E-state index in [0.717, 1.165) is 29.8 Å². The van der Waals surface area contributed by atoms with E-state index >= 15 is 0 Å². The molecule has 4 rings (SSSR count). The van der Waals surface area contributed by atoms with E-state index in [1.54, 1.807) is 18.2 Å². The quantitative estimate of drug-likeness (QED) is 0.429. The lowest BCUT2D eigenvalue weighted by molar-refractivity contribution is 0.0194. The van der Waals surface area contributed by atoms with Crippen molar-refractivity contribution in [2.45, 2.75) is 52.4 Å². The number of hydrogen-bond acceptors (Lipinski definition) is 4. The number of phenolic OH excluding ortho intramolecular Hbond substituents is 1. The van der Waals surface area contributed by atoms with Gasteiger partial charge in [-0.3, -0.25) is 14.6 Å². The summed E-state index contributed by atoms with van der Waals surface area (Å²) in [7, 11) is 0. The molecule has 0 radical (unpaired) electrons. The third kappa shape index (κ3) is 6.20. The molecule has 196 valence electrons. The van der Waals surface area contributed by atoms with Crippen molar-refractivity contribution in [3.05, 3.63) is 101 Å². The highest BCUT2D eigenvalue weighted by atomic mass is 19.1. The molecular weight excluding hydrogens is 465 g/mol. The van der Waals surface area contributed by atoms with Crippen LogP contribution in [-0.2, 0) is 6.54 Å². The molecule has 37 heavy (non-hydrogen) atoms. The van der Waals surface area contributed by atoms with E-state index in [2.05, 4.69) is 29.7 Å². The average Bonchev–Trinajstić information content (AvgIpc) is 2.88. The molecule has 0 spiro atoms. The van der Waals surface area contributed by atoms with Crippen LogP contribution < -0.4 is 0 Å². The smallest absolute Gasteiger partial charge is 0.253 e. The van der Waals surface area contributed by atoms with Gasteiger partial charge in [-0.2, -0.15) is 0 Å². The lowest BCUT2D eigenvalue weighted by Crippen LogP contribution is -2.56. The Morgan fingerprint density at radius 3 is 2.30 bits per heavy atom. The number of piperazine rings is 1. The van der Waals surface area contributed by atoms with Crippen LogP contribution in [0.5, 0.6) is 5.75 Å². The summed E-state index contributed by atoms with van der Waals surface area (Å²) in [6.45, 7) is 12.1. The monoisotopic (exact) mass is 503 g/mol. The van der Waals surface area contributed by atoms with Crippen molar-refractivity contribution in [3.8, 4) is 5.75 Å². The number of carbonyl (C=O) groups is 1. The van der Waals surface area contributed by atoms with E-state index in [0.29, 0.717) is 25.2 Å². The van der Waals surface area contributed by atoms with E-state index in [-0.39, 0.29) is 35.6 Å². The number of phenols is 1.